The normalized spacial score (nSPS) is 16.0. The molecule has 25 heavy (non-hydrogen) atoms. The zero-order valence-electron chi connectivity index (χ0n) is 14.5. The molecule has 5 nitrogen and oxygen atoms in total. The number of hydrogen-bond acceptors (Lipinski definition) is 5. The van der Waals surface area contributed by atoms with Crippen LogP contribution in [0.4, 0.5) is 5.00 Å². The number of carbonyl (C=O) groups excluding carboxylic acids is 2. The minimum Gasteiger partial charge on any atom is -0.497 e. The minimum atomic E-state index is -0.395. The van der Waals surface area contributed by atoms with E-state index in [4.69, 9.17) is 9.47 Å². The number of benzene rings is 1. The first-order chi connectivity index (χ1) is 12.0. The SMILES string of the molecule is COC(=O)c1c(NC(=O)c2cccc(OC)c2)sc2c1CC[C@H](C)C2. The number of ether oxygens (including phenoxy) is 2. The quantitative estimate of drug-likeness (QED) is 0.841. The molecule has 2 aromatic rings. The van der Waals surface area contributed by atoms with Gasteiger partial charge in [-0.25, -0.2) is 4.79 Å². The van der Waals surface area contributed by atoms with Crippen molar-refractivity contribution in [1.82, 2.24) is 0 Å². The van der Waals surface area contributed by atoms with Crippen molar-refractivity contribution >= 4 is 28.2 Å². The van der Waals surface area contributed by atoms with Crippen LogP contribution in [0, 0.1) is 5.92 Å². The zero-order valence-corrected chi connectivity index (χ0v) is 15.4. The number of nitrogens with one attached hydrogen (secondary N) is 1. The Balaban J connectivity index is 1.93. The first-order valence-electron chi connectivity index (χ1n) is 8.21. The molecule has 0 fully saturated rings. The average Bonchev–Trinajstić information content (AvgIpc) is 2.97. The molecule has 0 aliphatic heterocycles. The first-order valence-corrected chi connectivity index (χ1v) is 9.03. The summed E-state index contributed by atoms with van der Waals surface area (Å²) in [6.07, 6.45) is 2.81. The van der Waals surface area contributed by atoms with Gasteiger partial charge in [0.2, 0.25) is 0 Å². The Morgan fingerprint density at radius 2 is 2.08 bits per heavy atom. The van der Waals surface area contributed by atoms with E-state index >= 15 is 0 Å². The van der Waals surface area contributed by atoms with Crippen LogP contribution < -0.4 is 10.1 Å². The van der Waals surface area contributed by atoms with E-state index < -0.39 is 5.97 Å². The number of rotatable bonds is 4. The lowest BCUT2D eigenvalue weighted by Crippen LogP contribution is -2.16. The largest absolute Gasteiger partial charge is 0.497 e. The maximum absolute atomic E-state index is 12.6. The van der Waals surface area contributed by atoms with Crippen molar-refractivity contribution < 1.29 is 19.1 Å². The number of carbonyl (C=O) groups is 2. The van der Waals surface area contributed by atoms with Gasteiger partial charge in [0.05, 0.1) is 19.8 Å². The second-order valence-electron chi connectivity index (χ2n) is 6.23. The first kappa shape index (κ1) is 17.5. The molecule has 0 radical (unpaired) electrons. The summed E-state index contributed by atoms with van der Waals surface area (Å²) in [6.45, 7) is 2.20. The van der Waals surface area contributed by atoms with E-state index in [1.165, 1.54) is 23.3 Å². The number of amides is 1. The average molecular weight is 359 g/mol. The fourth-order valence-corrected chi connectivity index (χ4v) is 4.49. The van der Waals surface area contributed by atoms with Gasteiger partial charge in [0.15, 0.2) is 0 Å². The van der Waals surface area contributed by atoms with E-state index in [1.807, 2.05) is 0 Å². The van der Waals surface area contributed by atoms with Crippen molar-refractivity contribution in [1.29, 1.82) is 0 Å². The smallest absolute Gasteiger partial charge is 0.341 e. The number of methoxy groups -OCH3 is 2. The van der Waals surface area contributed by atoms with Gasteiger partial charge in [-0.15, -0.1) is 11.3 Å². The molecule has 1 heterocycles. The van der Waals surface area contributed by atoms with Crippen molar-refractivity contribution in [3.63, 3.8) is 0 Å². The van der Waals surface area contributed by atoms with E-state index in [1.54, 1.807) is 31.4 Å². The number of thiophene rings is 1. The van der Waals surface area contributed by atoms with Gasteiger partial charge in [-0.1, -0.05) is 13.0 Å². The van der Waals surface area contributed by atoms with Crippen LogP contribution in [0.3, 0.4) is 0 Å². The lowest BCUT2D eigenvalue weighted by Gasteiger charge is -2.18. The molecule has 1 aliphatic rings. The standard InChI is InChI=1S/C19H21NO4S/c1-11-7-8-14-15(9-11)25-18(16(14)19(22)24-3)20-17(21)12-5-4-6-13(10-12)23-2/h4-6,10-11H,7-9H2,1-3H3,(H,20,21)/t11-/m0/s1. The van der Waals surface area contributed by atoms with Crippen LogP contribution in [0.25, 0.3) is 0 Å². The van der Waals surface area contributed by atoms with Crippen LogP contribution in [-0.2, 0) is 17.6 Å². The highest BCUT2D eigenvalue weighted by atomic mass is 32.1. The summed E-state index contributed by atoms with van der Waals surface area (Å²) in [5.74, 6) is 0.530. The third-order valence-electron chi connectivity index (χ3n) is 4.46. The van der Waals surface area contributed by atoms with E-state index in [2.05, 4.69) is 12.2 Å². The van der Waals surface area contributed by atoms with Gasteiger partial charge in [0, 0.05) is 10.4 Å². The van der Waals surface area contributed by atoms with Gasteiger partial charge < -0.3 is 14.8 Å². The summed E-state index contributed by atoms with van der Waals surface area (Å²) in [7, 11) is 2.92. The Hall–Kier alpha value is -2.34. The van der Waals surface area contributed by atoms with Crippen LogP contribution >= 0.6 is 11.3 Å². The Kier molecular flexibility index (Phi) is 5.08. The van der Waals surface area contributed by atoms with Crippen LogP contribution in [0.15, 0.2) is 24.3 Å². The second kappa shape index (κ2) is 7.27. The highest BCUT2D eigenvalue weighted by Crippen LogP contribution is 2.40. The summed E-state index contributed by atoms with van der Waals surface area (Å²) in [4.78, 5) is 26.1. The summed E-state index contributed by atoms with van der Waals surface area (Å²) >= 11 is 1.48. The number of hydrogen-bond donors (Lipinski definition) is 1. The Morgan fingerprint density at radius 1 is 1.28 bits per heavy atom. The van der Waals surface area contributed by atoms with Crippen molar-refractivity contribution in [3.8, 4) is 5.75 Å². The molecule has 1 N–H and O–H groups in total. The van der Waals surface area contributed by atoms with Crippen LogP contribution in [0.2, 0.25) is 0 Å². The van der Waals surface area contributed by atoms with Crippen LogP contribution in [-0.4, -0.2) is 26.1 Å². The van der Waals surface area contributed by atoms with E-state index in [9.17, 15) is 9.59 Å². The monoisotopic (exact) mass is 359 g/mol. The maximum Gasteiger partial charge on any atom is 0.341 e. The third-order valence-corrected chi connectivity index (χ3v) is 5.63. The van der Waals surface area contributed by atoms with E-state index in [0.29, 0.717) is 27.8 Å². The molecular formula is C19H21NO4S. The van der Waals surface area contributed by atoms with Crippen molar-refractivity contribution in [2.75, 3.05) is 19.5 Å². The molecule has 1 amide bonds. The van der Waals surface area contributed by atoms with Gasteiger partial charge in [-0.2, -0.15) is 0 Å². The van der Waals surface area contributed by atoms with E-state index in [-0.39, 0.29) is 5.91 Å². The predicted molar refractivity (Wildman–Crippen MR) is 97.8 cm³/mol. The molecule has 0 unspecified atom stereocenters. The third kappa shape index (κ3) is 3.54. The molecule has 0 bridgehead atoms. The summed E-state index contributed by atoms with van der Waals surface area (Å²) in [6, 6.07) is 6.92. The molecule has 0 saturated heterocycles. The van der Waals surface area contributed by atoms with Crippen LogP contribution in [0.1, 0.15) is 44.5 Å². The summed E-state index contributed by atoms with van der Waals surface area (Å²) in [5.41, 5.74) is 2.01. The van der Waals surface area contributed by atoms with Gasteiger partial charge in [0.1, 0.15) is 10.8 Å². The number of fused-ring (bicyclic) bond motifs is 1. The van der Waals surface area contributed by atoms with Gasteiger partial charge in [0.25, 0.3) is 5.91 Å². The van der Waals surface area contributed by atoms with Crippen molar-refractivity contribution in [2.24, 2.45) is 5.92 Å². The molecule has 1 aliphatic carbocycles. The maximum atomic E-state index is 12.6. The highest BCUT2D eigenvalue weighted by Gasteiger charge is 2.29. The molecular weight excluding hydrogens is 338 g/mol. The zero-order chi connectivity index (χ0) is 18.0. The number of anilines is 1. The predicted octanol–water partition coefficient (Wildman–Crippen LogP) is 3.92. The Bertz CT molecular complexity index is 812. The molecule has 0 saturated carbocycles. The molecule has 0 spiro atoms. The second-order valence-corrected chi connectivity index (χ2v) is 7.34. The minimum absolute atomic E-state index is 0.268. The summed E-state index contributed by atoms with van der Waals surface area (Å²) < 4.78 is 10.1. The topological polar surface area (TPSA) is 64.6 Å². The molecule has 1 atom stereocenters. The molecule has 1 aromatic carbocycles. The van der Waals surface area contributed by atoms with Crippen molar-refractivity contribution in [3.05, 3.63) is 45.8 Å². The van der Waals surface area contributed by atoms with Gasteiger partial charge in [-0.3, -0.25) is 4.79 Å². The fraction of sp³-hybridized carbons (Fsp3) is 0.368. The molecule has 1 aromatic heterocycles. The van der Waals surface area contributed by atoms with E-state index in [0.717, 1.165) is 24.8 Å². The fourth-order valence-electron chi connectivity index (χ4n) is 3.10. The molecule has 6 heteroatoms. The van der Waals surface area contributed by atoms with Crippen LogP contribution in [0.5, 0.6) is 5.75 Å². The van der Waals surface area contributed by atoms with Crippen molar-refractivity contribution in [2.45, 2.75) is 26.2 Å². The molecule has 132 valence electrons. The highest BCUT2D eigenvalue weighted by molar-refractivity contribution is 7.17. The number of esters is 1. The molecule has 3 rings (SSSR count). The lowest BCUT2D eigenvalue weighted by atomic mass is 9.88. The Labute approximate surface area is 151 Å². The van der Waals surface area contributed by atoms with Gasteiger partial charge >= 0.3 is 5.97 Å². The Morgan fingerprint density at radius 3 is 2.80 bits per heavy atom. The van der Waals surface area contributed by atoms with Gasteiger partial charge in [-0.05, 0) is 48.9 Å². The summed E-state index contributed by atoms with van der Waals surface area (Å²) in [5, 5.41) is 3.46. The lowest BCUT2D eigenvalue weighted by molar-refractivity contribution is 0.0601.